The first-order valence-electron chi connectivity index (χ1n) is 8.75. The van der Waals surface area contributed by atoms with Gasteiger partial charge in [-0.05, 0) is 36.2 Å². The normalized spacial score (nSPS) is 11.1. The molecule has 0 saturated carbocycles. The second kappa shape index (κ2) is 10.2. The molecule has 2 aromatic rings. The van der Waals surface area contributed by atoms with Gasteiger partial charge in [0.1, 0.15) is 0 Å². The Bertz CT molecular complexity index is 728. The van der Waals surface area contributed by atoms with Gasteiger partial charge in [0, 0.05) is 58.1 Å². The standard InChI is InChI=1S/C20H27N5O/c1-21-20(24-14-11-18-9-4-5-12-22-18)23-13-10-16-7-6-8-17(15-16)19(26)25(2)3/h4-9,12,15H,10-11,13-14H2,1-3H3,(H2,21,23,24). The van der Waals surface area contributed by atoms with Crippen LogP contribution in [0.25, 0.3) is 0 Å². The number of hydrogen-bond acceptors (Lipinski definition) is 3. The monoisotopic (exact) mass is 353 g/mol. The Morgan fingerprint density at radius 2 is 1.85 bits per heavy atom. The highest BCUT2D eigenvalue weighted by Gasteiger charge is 2.08. The maximum Gasteiger partial charge on any atom is 0.253 e. The molecule has 1 aromatic carbocycles. The van der Waals surface area contributed by atoms with Crippen LogP contribution in [0.4, 0.5) is 0 Å². The van der Waals surface area contributed by atoms with Crippen LogP contribution in [0.15, 0.2) is 53.7 Å². The Hall–Kier alpha value is -2.89. The molecule has 0 radical (unpaired) electrons. The van der Waals surface area contributed by atoms with Crippen molar-refractivity contribution in [2.75, 3.05) is 34.2 Å². The molecule has 2 N–H and O–H groups in total. The highest BCUT2D eigenvalue weighted by molar-refractivity contribution is 5.94. The number of hydrogen-bond donors (Lipinski definition) is 2. The lowest BCUT2D eigenvalue weighted by Crippen LogP contribution is -2.39. The van der Waals surface area contributed by atoms with Crippen molar-refractivity contribution in [2.24, 2.45) is 4.99 Å². The Morgan fingerprint density at radius 1 is 1.08 bits per heavy atom. The molecule has 1 aromatic heterocycles. The predicted molar refractivity (Wildman–Crippen MR) is 105 cm³/mol. The third-order valence-corrected chi connectivity index (χ3v) is 3.91. The first kappa shape index (κ1) is 19.4. The molecule has 0 bridgehead atoms. The van der Waals surface area contributed by atoms with Gasteiger partial charge in [0.25, 0.3) is 5.91 Å². The van der Waals surface area contributed by atoms with Crippen molar-refractivity contribution in [1.29, 1.82) is 0 Å². The van der Waals surface area contributed by atoms with Gasteiger partial charge < -0.3 is 15.5 Å². The number of amides is 1. The first-order valence-corrected chi connectivity index (χ1v) is 8.75. The smallest absolute Gasteiger partial charge is 0.253 e. The molecule has 1 heterocycles. The van der Waals surface area contributed by atoms with E-state index >= 15 is 0 Å². The molecule has 0 aliphatic rings. The second-order valence-corrected chi connectivity index (χ2v) is 6.15. The van der Waals surface area contributed by atoms with Crippen LogP contribution in [0.5, 0.6) is 0 Å². The Balaban J connectivity index is 1.77. The van der Waals surface area contributed by atoms with Gasteiger partial charge in [0.15, 0.2) is 5.96 Å². The zero-order valence-corrected chi connectivity index (χ0v) is 15.7. The number of benzene rings is 1. The average molecular weight is 353 g/mol. The van der Waals surface area contributed by atoms with Crippen LogP contribution in [0.1, 0.15) is 21.6 Å². The van der Waals surface area contributed by atoms with Crippen LogP contribution in [0, 0.1) is 0 Å². The van der Waals surface area contributed by atoms with Gasteiger partial charge in [-0.3, -0.25) is 14.8 Å². The minimum Gasteiger partial charge on any atom is -0.356 e. The van der Waals surface area contributed by atoms with Gasteiger partial charge in [-0.2, -0.15) is 0 Å². The van der Waals surface area contributed by atoms with Crippen LogP contribution in [-0.2, 0) is 12.8 Å². The number of guanidine groups is 1. The van der Waals surface area contributed by atoms with Crippen LogP contribution in [0.2, 0.25) is 0 Å². The number of nitrogens with zero attached hydrogens (tertiary/aromatic N) is 3. The van der Waals surface area contributed by atoms with E-state index in [1.54, 1.807) is 32.2 Å². The number of carbonyl (C=O) groups excluding carboxylic acids is 1. The lowest BCUT2D eigenvalue weighted by Gasteiger charge is -2.13. The van der Waals surface area contributed by atoms with E-state index in [1.807, 2.05) is 42.5 Å². The minimum absolute atomic E-state index is 0.0202. The first-order chi connectivity index (χ1) is 12.6. The van der Waals surface area contributed by atoms with E-state index in [0.717, 1.165) is 43.1 Å². The lowest BCUT2D eigenvalue weighted by atomic mass is 10.1. The second-order valence-electron chi connectivity index (χ2n) is 6.15. The van der Waals surface area contributed by atoms with Gasteiger partial charge in [-0.15, -0.1) is 0 Å². The van der Waals surface area contributed by atoms with Crippen LogP contribution in [-0.4, -0.2) is 56.0 Å². The lowest BCUT2D eigenvalue weighted by molar-refractivity contribution is 0.0827. The molecule has 0 saturated heterocycles. The fraction of sp³-hybridized carbons (Fsp3) is 0.350. The molecule has 1 amide bonds. The maximum atomic E-state index is 12.0. The van der Waals surface area contributed by atoms with Crippen molar-refractivity contribution in [2.45, 2.75) is 12.8 Å². The van der Waals surface area contributed by atoms with Gasteiger partial charge in [0.2, 0.25) is 0 Å². The number of aliphatic imine (C=N–C) groups is 1. The van der Waals surface area contributed by atoms with E-state index in [9.17, 15) is 4.79 Å². The molecule has 2 rings (SSSR count). The van der Waals surface area contributed by atoms with E-state index in [2.05, 4.69) is 20.6 Å². The number of rotatable bonds is 7. The summed E-state index contributed by atoms with van der Waals surface area (Å²) in [5.74, 6) is 0.785. The summed E-state index contributed by atoms with van der Waals surface area (Å²) in [6.45, 7) is 1.51. The van der Waals surface area contributed by atoms with E-state index in [4.69, 9.17) is 0 Å². The summed E-state index contributed by atoms with van der Waals surface area (Å²) in [6.07, 6.45) is 3.46. The fourth-order valence-electron chi connectivity index (χ4n) is 2.52. The topological polar surface area (TPSA) is 69.6 Å². The summed E-state index contributed by atoms with van der Waals surface area (Å²) in [6, 6.07) is 13.7. The molecule has 0 fully saturated rings. The van der Waals surface area contributed by atoms with Crippen molar-refractivity contribution in [3.63, 3.8) is 0 Å². The molecule has 6 heteroatoms. The summed E-state index contributed by atoms with van der Waals surface area (Å²) in [7, 11) is 5.28. The van der Waals surface area contributed by atoms with Gasteiger partial charge in [-0.1, -0.05) is 18.2 Å². The summed E-state index contributed by atoms with van der Waals surface area (Å²) in [4.78, 5) is 22.2. The molecule has 0 aliphatic carbocycles. The number of carbonyl (C=O) groups is 1. The van der Waals surface area contributed by atoms with Crippen molar-refractivity contribution in [3.8, 4) is 0 Å². The molecule has 138 valence electrons. The third-order valence-electron chi connectivity index (χ3n) is 3.91. The van der Waals surface area contributed by atoms with E-state index in [1.165, 1.54) is 0 Å². The summed E-state index contributed by atoms with van der Waals surface area (Å²) >= 11 is 0. The predicted octanol–water partition coefficient (Wildman–Crippen LogP) is 1.73. The highest BCUT2D eigenvalue weighted by atomic mass is 16.2. The van der Waals surface area contributed by atoms with Gasteiger partial charge in [0.05, 0.1) is 0 Å². The summed E-state index contributed by atoms with van der Waals surface area (Å²) in [5.41, 5.74) is 2.89. The summed E-state index contributed by atoms with van der Waals surface area (Å²) < 4.78 is 0. The fourth-order valence-corrected chi connectivity index (χ4v) is 2.52. The number of aromatic nitrogens is 1. The van der Waals surface area contributed by atoms with Crippen molar-refractivity contribution in [1.82, 2.24) is 20.5 Å². The summed E-state index contributed by atoms with van der Waals surface area (Å²) in [5, 5.41) is 6.59. The zero-order valence-electron chi connectivity index (χ0n) is 15.7. The van der Waals surface area contributed by atoms with E-state index in [0.29, 0.717) is 5.56 Å². The van der Waals surface area contributed by atoms with Crippen molar-refractivity contribution in [3.05, 3.63) is 65.5 Å². The number of nitrogens with one attached hydrogen (secondary N) is 2. The maximum absolute atomic E-state index is 12.0. The van der Waals surface area contributed by atoms with Crippen LogP contribution >= 0.6 is 0 Å². The molecule has 0 aliphatic heterocycles. The largest absolute Gasteiger partial charge is 0.356 e. The quantitative estimate of drug-likeness (QED) is 0.588. The molecule has 6 nitrogen and oxygen atoms in total. The molecular formula is C20H27N5O. The Kier molecular flexibility index (Phi) is 7.61. The minimum atomic E-state index is 0.0202. The van der Waals surface area contributed by atoms with Crippen molar-refractivity contribution < 1.29 is 4.79 Å². The Labute approximate surface area is 155 Å². The number of pyridine rings is 1. The molecule has 0 spiro atoms. The van der Waals surface area contributed by atoms with E-state index in [-0.39, 0.29) is 5.91 Å². The van der Waals surface area contributed by atoms with Crippen LogP contribution in [0.3, 0.4) is 0 Å². The van der Waals surface area contributed by atoms with Gasteiger partial charge in [-0.25, -0.2) is 0 Å². The zero-order chi connectivity index (χ0) is 18.8. The molecular weight excluding hydrogens is 326 g/mol. The van der Waals surface area contributed by atoms with Crippen LogP contribution < -0.4 is 10.6 Å². The molecule has 0 unspecified atom stereocenters. The third kappa shape index (κ3) is 6.20. The van der Waals surface area contributed by atoms with Gasteiger partial charge >= 0.3 is 0 Å². The van der Waals surface area contributed by atoms with Crippen molar-refractivity contribution >= 4 is 11.9 Å². The molecule has 26 heavy (non-hydrogen) atoms. The SMILES string of the molecule is CN=C(NCCc1cccc(C(=O)N(C)C)c1)NCCc1ccccn1. The highest BCUT2D eigenvalue weighted by Crippen LogP contribution is 2.07. The average Bonchev–Trinajstić information content (AvgIpc) is 2.67. The molecule has 0 atom stereocenters. The van der Waals surface area contributed by atoms with E-state index < -0.39 is 0 Å². The Morgan fingerprint density at radius 3 is 2.50 bits per heavy atom.